The number of thiophene rings is 1. The van der Waals surface area contributed by atoms with Crippen molar-refractivity contribution in [3.05, 3.63) is 39.0 Å². The van der Waals surface area contributed by atoms with Gasteiger partial charge in [0.2, 0.25) is 0 Å². The number of nitrogens with one attached hydrogen (secondary N) is 1. The highest BCUT2D eigenvalue weighted by atomic mass is 79.9. The van der Waals surface area contributed by atoms with Gasteiger partial charge in [-0.2, -0.15) is 0 Å². The first kappa shape index (κ1) is 19.4. The van der Waals surface area contributed by atoms with Crippen molar-refractivity contribution in [1.82, 2.24) is 9.97 Å². The van der Waals surface area contributed by atoms with Crippen LogP contribution in [0.4, 0.5) is 0 Å². The number of aromatic amines is 1. The Bertz CT molecular complexity index is 694. The summed E-state index contributed by atoms with van der Waals surface area (Å²) in [5.74, 6) is 1.54. The van der Waals surface area contributed by atoms with Crippen LogP contribution in [-0.4, -0.2) is 18.0 Å². The van der Waals surface area contributed by atoms with Crippen molar-refractivity contribution in [2.24, 2.45) is 0 Å². The summed E-state index contributed by atoms with van der Waals surface area (Å²) in [5, 5.41) is 2.92. The van der Waals surface area contributed by atoms with E-state index in [0.29, 0.717) is 16.0 Å². The Morgan fingerprint density at radius 3 is 2.40 bits per heavy atom. The minimum absolute atomic E-state index is 0.342. The molecule has 0 aliphatic heterocycles. The standard InChI is InChI=1S/C20H31BrN2SSi/c1-19(2,3)25(4,5)20(10-7-6-8-11-20)16(18-22-12-13-23-18)17-15(21)9-14-24-17/h9,12-14,16H,6-8,10-11H2,1-5H3,(H,22,23). The van der Waals surface area contributed by atoms with Gasteiger partial charge in [-0.1, -0.05) is 53.1 Å². The SMILES string of the molecule is CC(C)(C)[Si](C)(C)C1(C(c2ncc[nH]2)c2sccc2Br)CCCCC1. The molecule has 0 bridgehead atoms. The summed E-state index contributed by atoms with van der Waals surface area (Å²) < 4.78 is 1.25. The highest BCUT2D eigenvalue weighted by Gasteiger charge is 2.58. The summed E-state index contributed by atoms with van der Waals surface area (Å²) in [7, 11) is -1.63. The third-order valence-electron chi connectivity index (χ3n) is 7.12. The number of nitrogens with zero attached hydrogens (tertiary/aromatic N) is 1. The molecule has 0 aromatic carbocycles. The smallest absolute Gasteiger partial charge is 0.114 e. The van der Waals surface area contributed by atoms with E-state index in [2.05, 4.69) is 66.2 Å². The molecule has 1 aliphatic rings. The first-order valence-electron chi connectivity index (χ1n) is 9.43. The van der Waals surface area contributed by atoms with Crippen molar-refractivity contribution in [1.29, 1.82) is 0 Å². The molecule has 1 atom stereocenters. The van der Waals surface area contributed by atoms with E-state index in [9.17, 15) is 0 Å². The lowest BCUT2D eigenvalue weighted by molar-refractivity contribution is 0.319. The van der Waals surface area contributed by atoms with E-state index in [1.807, 2.05) is 23.7 Å². The third kappa shape index (κ3) is 3.21. The average Bonchev–Trinajstić information content (AvgIpc) is 3.20. The van der Waals surface area contributed by atoms with Crippen molar-refractivity contribution in [2.75, 3.05) is 0 Å². The topological polar surface area (TPSA) is 28.7 Å². The first-order valence-corrected chi connectivity index (χ1v) is 14.1. The van der Waals surface area contributed by atoms with Crippen LogP contribution in [-0.2, 0) is 0 Å². The van der Waals surface area contributed by atoms with Gasteiger partial charge in [0.25, 0.3) is 0 Å². The van der Waals surface area contributed by atoms with Gasteiger partial charge in [0, 0.05) is 21.7 Å². The molecule has 1 fully saturated rings. The van der Waals surface area contributed by atoms with Crippen LogP contribution in [0.5, 0.6) is 0 Å². The minimum Gasteiger partial charge on any atom is -0.348 e. The molecule has 0 saturated heterocycles. The van der Waals surface area contributed by atoms with Crippen molar-refractivity contribution in [3.63, 3.8) is 0 Å². The maximum Gasteiger partial charge on any atom is 0.114 e. The maximum atomic E-state index is 4.78. The van der Waals surface area contributed by atoms with Crippen LogP contribution in [0.2, 0.25) is 23.2 Å². The number of hydrogen-bond donors (Lipinski definition) is 1. The highest BCUT2D eigenvalue weighted by Crippen LogP contribution is 2.67. The second kappa shape index (κ2) is 6.97. The maximum absolute atomic E-state index is 4.78. The Balaban J connectivity index is 2.23. The molecule has 0 radical (unpaired) electrons. The molecule has 0 spiro atoms. The Labute approximate surface area is 166 Å². The van der Waals surface area contributed by atoms with Gasteiger partial charge in [0.1, 0.15) is 5.82 Å². The Kier molecular flexibility index (Phi) is 5.40. The van der Waals surface area contributed by atoms with E-state index in [-0.39, 0.29) is 0 Å². The monoisotopic (exact) mass is 438 g/mol. The van der Waals surface area contributed by atoms with Crippen molar-refractivity contribution in [3.8, 4) is 0 Å². The summed E-state index contributed by atoms with van der Waals surface area (Å²) >= 11 is 5.73. The Hall–Kier alpha value is -0.393. The molecule has 2 heterocycles. The second-order valence-corrected chi connectivity index (χ2v) is 16.7. The predicted octanol–water partition coefficient (Wildman–Crippen LogP) is 7.58. The largest absolute Gasteiger partial charge is 0.348 e. The Morgan fingerprint density at radius 1 is 1.24 bits per heavy atom. The van der Waals surface area contributed by atoms with Crippen molar-refractivity contribution < 1.29 is 0 Å². The molecule has 2 nitrogen and oxygen atoms in total. The van der Waals surface area contributed by atoms with E-state index in [0.717, 1.165) is 5.82 Å². The van der Waals surface area contributed by atoms with E-state index in [4.69, 9.17) is 4.98 Å². The molecule has 1 aliphatic carbocycles. The van der Waals surface area contributed by atoms with Gasteiger partial charge in [-0.05, 0) is 50.3 Å². The lowest BCUT2D eigenvalue weighted by Gasteiger charge is -2.57. The predicted molar refractivity (Wildman–Crippen MR) is 115 cm³/mol. The summed E-state index contributed by atoms with van der Waals surface area (Å²) in [6.07, 6.45) is 10.7. The molecule has 1 unspecified atom stereocenters. The fourth-order valence-electron chi connectivity index (χ4n) is 4.79. The number of H-pyrrole nitrogens is 1. The first-order chi connectivity index (χ1) is 11.7. The van der Waals surface area contributed by atoms with Crippen LogP contribution in [0.3, 0.4) is 0 Å². The van der Waals surface area contributed by atoms with Gasteiger partial charge in [0.05, 0.1) is 14.0 Å². The number of hydrogen-bond acceptors (Lipinski definition) is 2. The van der Waals surface area contributed by atoms with Gasteiger partial charge >= 0.3 is 0 Å². The number of aromatic nitrogens is 2. The average molecular weight is 440 g/mol. The third-order valence-corrected chi connectivity index (χ3v) is 16.1. The zero-order chi connectivity index (χ0) is 18.3. The number of rotatable bonds is 4. The quantitative estimate of drug-likeness (QED) is 0.489. The van der Waals surface area contributed by atoms with E-state index in [1.165, 1.54) is 41.5 Å². The van der Waals surface area contributed by atoms with Crippen LogP contribution in [0, 0.1) is 0 Å². The van der Waals surface area contributed by atoms with Crippen molar-refractivity contribution in [2.45, 2.75) is 82.0 Å². The summed E-state index contributed by atoms with van der Waals surface area (Å²) in [6, 6.07) is 2.21. The van der Waals surface area contributed by atoms with E-state index >= 15 is 0 Å². The summed E-state index contributed by atoms with van der Waals surface area (Å²) in [6.45, 7) is 12.7. The van der Waals surface area contributed by atoms with Crippen LogP contribution in [0.25, 0.3) is 0 Å². The number of imidazole rings is 1. The van der Waals surface area contributed by atoms with E-state index < -0.39 is 8.07 Å². The molecule has 25 heavy (non-hydrogen) atoms. The van der Waals surface area contributed by atoms with Gasteiger partial charge in [0.15, 0.2) is 0 Å². The normalized spacial score (nSPS) is 19.8. The summed E-state index contributed by atoms with van der Waals surface area (Å²) in [5.41, 5.74) is 0. The lowest BCUT2D eigenvalue weighted by atomic mass is 9.77. The fourth-order valence-corrected chi connectivity index (χ4v) is 10.8. The molecular formula is C20H31BrN2SSi. The molecule has 0 amide bonds. The fraction of sp³-hybridized carbons (Fsp3) is 0.650. The molecule has 138 valence electrons. The molecule has 2 aromatic heterocycles. The second-order valence-electron chi connectivity index (χ2n) is 9.13. The number of halogens is 1. The molecular weight excluding hydrogens is 408 g/mol. The van der Waals surface area contributed by atoms with Crippen LogP contribution >= 0.6 is 27.3 Å². The summed E-state index contributed by atoms with van der Waals surface area (Å²) in [4.78, 5) is 9.74. The van der Waals surface area contributed by atoms with Crippen LogP contribution in [0.15, 0.2) is 28.3 Å². The molecule has 1 saturated carbocycles. The molecule has 2 aromatic rings. The van der Waals surface area contributed by atoms with Gasteiger partial charge in [-0.15, -0.1) is 11.3 Å². The van der Waals surface area contributed by atoms with Gasteiger partial charge in [-0.3, -0.25) is 0 Å². The van der Waals surface area contributed by atoms with Crippen LogP contribution in [0.1, 0.15) is 69.5 Å². The van der Waals surface area contributed by atoms with E-state index in [1.54, 1.807) is 0 Å². The lowest BCUT2D eigenvalue weighted by Crippen LogP contribution is -2.53. The zero-order valence-electron chi connectivity index (χ0n) is 16.2. The van der Waals surface area contributed by atoms with Gasteiger partial charge < -0.3 is 4.98 Å². The zero-order valence-corrected chi connectivity index (χ0v) is 19.6. The Morgan fingerprint density at radius 2 is 1.92 bits per heavy atom. The minimum atomic E-state index is -1.63. The van der Waals surface area contributed by atoms with Crippen LogP contribution < -0.4 is 0 Å². The van der Waals surface area contributed by atoms with Crippen molar-refractivity contribution >= 4 is 35.3 Å². The van der Waals surface area contributed by atoms with Gasteiger partial charge in [-0.25, -0.2) is 4.98 Å². The molecule has 3 rings (SSSR count). The molecule has 1 N–H and O–H groups in total. The molecule has 5 heteroatoms. The highest BCUT2D eigenvalue weighted by molar-refractivity contribution is 9.10.